The fraction of sp³-hybridized carbons (Fsp3) is 0.833. The lowest BCUT2D eigenvalue weighted by Gasteiger charge is -2.05. The Morgan fingerprint density at radius 3 is 3.11 bits per heavy atom. The topological polar surface area (TPSA) is 41.1 Å². The van der Waals surface area contributed by atoms with E-state index < -0.39 is 0 Å². The first kappa shape index (κ1) is 6.71. The predicted molar refractivity (Wildman–Crippen MR) is 35.3 cm³/mol. The zero-order valence-corrected chi connectivity index (χ0v) is 5.61. The highest BCUT2D eigenvalue weighted by Crippen LogP contribution is 1.98. The van der Waals surface area contributed by atoms with Gasteiger partial charge in [-0.3, -0.25) is 4.79 Å². The number of hydrogen-bond acceptors (Lipinski definition) is 3. The molecule has 3 heteroatoms. The van der Waals surface area contributed by atoms with Gasteiger partial charge in [0, 0.05) is 19.0 Å². The van der Waals surface area contributed by atoms with Crippen LogP contribution in [-0.4, -0.2) is 32.0 Å². The van der Waals surface area contributed by atoms with Gasteiger partial charge in [0.1, 0.15) is 5.78 Å². The van der Waals surface area contributed by atoms with Gasteiger partial charge in [-0.2, -0.15) is 0 Å². The van der Waals surface area contributed by atoms with Crippen molar-refractivity contribution in [2.24, 2.45) is 0 Å². The summed E-state index contributed by atoms with van der Waals surface area (Å²) < 4.78 is 0. The fourth-order valence-corrected chi connectivity index (χ4v) is 1.07. The molecule has 0 radical (unpaired) electrons. The van der Waals surface area contributed by atoms with Gasteiger partial charge in [0.05, 0.1) is 6.54 Å². The number of Topliss-reactive ketones (excluding diaryl/α,β-unsaturated/α-hetero) is 1. The minimum Gasteiger partial charge on any atom is -0.318 e. The molecule has 1 atom stereocenters. The van der Waals surface area contributed by atoms with Crippen LogP contribution in [0.4, 0.5) is 0 Å². The first-order valence-corrected chi connectivity index (χ1v) is 3.22. The number of nitrogens with one attached hydrogen (secondary N) is 2. The first-order valence-electron chi connectivity index (χ1n) is 3.22. The van der Waals surface area contributed by atoms with Gasteiger partial charge >= 0.3 is 0 Å². The summed E-state index contributed by atoms with van der Waals surface area (Å²) in [4.78, 5) is 10.6. The molecule has 52 valence electrons. The van der Waals surface area contributed by atoms with E-state index >= 15 is 0 Å². The Bertz CT molecular complexity index is 114. The van der Waals surface area contributed by atoms with E-state index in [0.29, 0.717) is 24.8 Å². The summed E-state index contributed by atoms with van der Waals surface area (Å²) in [6.07, 6.45) is 0.695. The lowest BCUT2D eigenvalue weighted by atomic mass is 10.2. The quantitative estimate of drug-likeness (QED) is 0.508. The van der Waals surface area contributed by atoms with Crippen LogP contribution < -0.4 is 10.6 Å². The predicted octanol–water partition coefficient (Wildman–Crippen LogP) is -0.863. The average Bonchev–Trinajstić information content (AvgIpc) is 2.17. The smallest absolute Gasteiger partial charge is 0.148 e. The molecule has 0 bridgehead atoms. The lowest BCUT2D eigenvalue weighted by Crippen LogP contribution is -2.31. The van der Waals surface area contributed by atoms with Gasteiger partial charge in [-0.1, -0.05) is 0 Å². The van der Waals surface area contributed by atoms with E-state index in [2.05, 4.69) is 10.6 Å². The zero-order valence-electron chi connectivity index (χ0n) is 5.61. The van der Waals surface area contributed by atoms with Gasteiger partial charge in [0.15, 0.2) is 0 Å². The largest absolute Gasteiger partial charge is 0.318 e. The maximum Gasteiger partial charge on any atom is 0.148 e. The summed E-state index contributed by atoms with van der Waals surface area (Å²) >= 11 is 0. The molecule has 1 fully saturated rings. The van der Waals surface area contributed by atoms with Crippen molar-refractivity contribution in [1.82, 2.24) is 10.6 Å². The molecular formula is C6H12N2O. The van der Waals surface area contributed by atoms with Gasteiger partial charge in [0.2, 0.25) is 0 Å². The second-order valence-electron chi connectivity index (χ2n) is 2.38. The molecule has 0 saturated carbocycles. The third-order valence-electron chi connectivity index (χ3n) is 1.51. The lowest BCUT2D eigenvalue weighted by molar-refractivity contribution is -0.116. The second-order valence-corrected chi connectivity index (χ2v) is 2.38. The Morgan fingerprint density at radius 2 is 2.67 bits per heavy atom. The first-order chi connectivity index (χ1) is 4.33. The van der Waals surface area contributed by atoms with Crippen molar-refractivity contribution in [1.29, 1.82) is 0 Å². The zero-order chi connectivity index (χ0) is 6.69. The number of carbonyl (C=O) groups excluding carboxylic acids is 1. The molecule has 0 spiro atoms. The van der Waals surface area contributed by atoms with Crippen LogP contribution in [-0.2, 0) is 4.79 Å². The molecule has 3 nitrogen and oxygen atoms in total. The van der Waals surface area contributed by atoms with E-state index in [1.54, 1.807) is 0 Å². The highest BCUT2D eigenvalue weighted by Gasteiger charge is 2.19. The maximum atomic E-state index is 10.6. The van der Waals surface area contributed by atoms with Crippen molar-refractivity contribution in [2.75, 3.05) is 20.1 Å². The molecule has 1 aliphatic rings. The number of ketones is 1. The molecule has 1 heterocycles. The molecule has 0 amide bonds. The summed E-state index contributed by atoms with van der Waals surface area (Å²) in [6.45, 7) is 1.46. The summed E-state index contributed by atoms with van der Waals surface area (Å²) in [6, 6.07) is 0.377. The van der Waals surface area contributed by atoms with E-state index in [4.69, 9.17) is 0 Å². The number of hydrogen-bond donors (Lipinski definition) is 2. The van der Waals surface area contributed by atoms with Gasteiger partial charge in [-0.05, 0) is 7.05 Å². The average molecular weight is 128 g/mol. The third-order valence-corrected chi connectivity index (χ3v) is 1.51. The van der Waals surface area contributed by atoms with Gasteiger partial charge in [-0.15, -0.1) is 0 Å². The molecule has 0 aliphatic carbocycles. The molecule has 1 saturated heterocycles. The Kier molecular flexibility index (Phi) is 2.19. The van der Waals surface area contributed by atoms with Crippen LogP contribution in [0.5, 0.6) is 0 Å². The molecular weight excluding hydrogens is 116 g/mol. The van der Waals surface area contributed by atoms with Crippen molar-refractivity contribution in [3.63, 3.8) is 0 Å². The summed E-state index contributed by atoms with van der Waals surface area (Å²) in [7, 11) is 1.89. The fourth-order valence-electron chi connectivity index (χ4n) is 1.07. The van der Waals surface area contributed by atoms with E-state index in [0.717, 1.165) is 6.54 Å². The Morgan fingerprint density at radius 1 is 1.89 bits per heavy atom. The van der Waals surface area contributed by atoms with Gasteiger partial charge in [0.25, 0.3) is 0 Å². The summed E-state index contributed by atoms with van der Waals surface area (Å²) in [5.41, 5.74) is 0. The molecule has 0 aromatic heterocycles. The molecule has 0 aromatic carbocycles. The number of likely N-dealkylation sites (N-methyl/N-ethyl adjacent to an activating group) is 1. The van der Waals surface area contributed by atoms with Crippen LogP contribution >= 0.6 is 0 Å². The van der Waals surface area contributed by atoms with Crippen molar-refractivity contribution >= 4 is 5.78 Å². The molecule has 0 aromatic rings. The van der Waals surface area contributed by atoms with Crippen molar-refractivity contribution in [3.05, 3.63) is 0 Å². The van der Waals surface area contributed by atoms with E-state index in [1.807, 2.05) is 7.05 Å². The minimum atomic E-state index is 0.329. The van der Waals surface area contributed by atoms with Crippen LogP contribution in [0.3, 0.4) is 0 Å². The highest BCUT2D eigenvalue weighted by atomic mass is 16.1. The third kappa shape index (κ3) is 1.77. The van der Waals surface area contributed by atoms with E-state index in [9.17, 15) is 4.79 Å². The van der Waals surface area contributed by atoms with Crippen LogP contribution in [0.1, 0.15) is 6.42 Å². The number of rotatable bonds is 2. The Labute approximate surface area is 54.8 Å². The minimum absolute atomic E-state index is 0.329. The molecule has 9 heavy (non-hydrogen) atoms. The van der Waals surface area contributed by atoms with Crippen molar-refractivity contribution in [3.8, 4) is 0 Å². The van der Waals surface area contributed by atoms with Crippen LogP contribution in [0.25, 0.3) is 0 Å². The van der Waals surface area contributed by atoms with E-state index in [-0.39, 0.29) is 0 Å². The number of carbonyl (C=O) groups is 1. The SMILES string of the molecule is CNCC1CC(=O)CN1. The van der Waals surface area contributed by atoms with Crippen molar-refractivity contribution < 1.29 is 4.79 Å². The van der Waals surface area contributed by atoms with Crippen LogP contribution in [0.15, 0.2) is 0 Å². The normalized spacial score (nSPS) is 27.2. The summed E-state index contributed by atoms with van der Waals surface area (Å²) in [5, 5.41) is 6.11. The second kappa shape index (κ2) is 2.94. The molecule has 1 unspecified atom stereocenters. The van der Waals surface area contributed by atoms with E-state index in [1.165, 1.54) is 0 Å². The van der Waals surface area contributed by atoms with Gasteiger partial charge < -0.3 is 10.6 Å². The highest BCUT2D eigenvalue weighted by molar-refractivity contribution is 5.83. The molecule has 2 N–H and O–H groups in total. The summed E-state index contributed by atoms with van der Waals surface area (Å²) in [5.74, 6) is 0.329. The monoisotopic (exact) mass is 128 g/mol. The molecule has 1 rings (SSSR count). The Balaban J connectivity index is 2.22. The Hall–Kier alpha value is -0.410. The van der Waals surface area contributed by atoms with Crippen LogP contribution in [0, 0.1) is 0 Å². The maximum absolute atomic E-state index is 10.6. The standard InChI is InChI=1S/C6H12N2O/c1-7-3-5-2-6(9)4-8-5/h5,7-8H,2-4H2,1H3. The van der Waals surface area contributed by atoms with Gasteiger partial charge in [-0.25, -0.2) is 0 Å². The van der Waals surface area contributed by atoms with Crippen molar-refractivity contribution in [2.45, 2.75) is 12.5 Å². The molecule has 1 aliphatic heterocycles. The van der Waals surface area contributed by atoms with Crippen LogP contribution in [0.2, 0.25) is 0 Å².